The quantitative estimate of drug-likeness (QED) is 0.601. The second-order valence-electron chi connectivity index (χ2n) is 6.80. The molecule has 0 spiro atoms. The van der Waals surface area contributed by atoms with Crippen LogP contribution in [0.5, 0.6) is 5.75 Å². The van der Waals surface area contributed by atoms with Crippen molar-refractivity contribution in [2.75, 3.05) is 14.2 Å². The van der Waals surface area contributed by atoms with Crippen LogP contribution in [0.25, 0.3) is 0 Å². The van der Waals surface area contributed by atoms with Crippen LogP contribution in [0, 0.1) is 0 Å². The van der Waals surface area contributed by atoms with Crippen LogP contribution in [0.15, 0.2) is 83.8 Å². The van der Waals surface area contributed by atoms with E-state index in [0.717, 1.165) is 16.9 Å². The summed E-state index contributed by atoms with van der Waals surface area (Å²) >= 11 is 0. The van der Waals surface area contributed by atoms with Crippen molar-refractivity contribution in [3.8, 4) is 5.75 Å². The summed E-state index contributed by atoms with van der Waals surface area (Å²) in [5, 5.41) is 2.87. The Morgan fingerprint density at radius 1 is 0.900 bits per heavy atom. The highest BCUT2D eigenvalue weighted by Gasteiger charge is 2.20. The number of carbonyl (C=O) groups is 1. The second-order valence-corrected chi connectivity index (χ2v) is 8.85. The maximum Gasteiger partial charge on any atom is 0.251 e. The third-order valence-electron chi connectivity index (χ3n) is 4.68. The first-order chi connectivity index (χ1) is 14.4. The van der Waals surface area contributed by atoms with Gasteiger partial charge in [0.2, 0.25) is 10.0 Å². The van der Waals surface area contributed by atoms with Gasteiger partial charge in [0, 0.05) is 25.7 Å². The number of benzene rings is 3. The van der Waals surface area contributed by atoms with Crippen LogP contribution in [0.1, 0.15) is 21.5 Å². The summed E-state index contributed by atoms with van der Waals surface area (Å²) in [5.41, 5.74) is 2.28. The minimum atomic E-state index is -3.56. The topological polar surface area (TPSA) is 75.7 Å². The monoisotopic (exact) mass is 424 g/mol. The predicted molar refractivity (Wildman–Crippen MR) is 116 cm³/mol. The molecule has 0 radical (unpaired) electrons. The van der Waals surface area contributed by atoms with Gasteiger partial charge in [0.25, 0.3) is 5.91 Å². The van der Waals surface area contributed by atoms with E-state index in [1.165, 1.54) is 11.4 Å². The van der Waals surface area contributed by atoms with Gasteiger partial charge in [-0.1, -0.05) is 42.5 Å². The van der Waals surface area contributed by atoms with Crippen molar-refractivity contribution in [1.82, 2.24) is 9.62 Å². The Labute approximate surface area is 177 Å². The number of hydrogen-bond acceptors (Lipinski definition) is 4. The average molecular weight is 425 g/mol. The number of ether oxygens (including phenoxy) is 1. The first-order valence-corrected chi connectivity index (χ1v) is 10.9. The van der Waals surface area contributed by atoms with E-state index in [1.54, 1.807) is 61.7 Å². The molecule has 1 amide bonds. The maximum absolute atomic E-state index is 12.6. The van der Waals surface area contributed by atoms with Gasteiger partial charge in [0.1, 0.15) is 5.75 Å². The van der Waals surface area contributed by atoms with Crippen LogP contribution >= 0.6 is 0 Å². The lowest BCUT2D eigenvalue weighted by Crippen LogP contribution is -2.26. The smallest absolute Gasteiger partial charge is 0.251 e. The van der Waals surface area contributed by atoms with Crippen LogP contribution < -0.4 is 10.1 Å². The third kappa shape index (κ3) is 5.25. The van der Waals surface area contributed by atoms with Crippen molar-refractivity contribution in [2.45, 2.75) is 18.0 Å². The Balaban J connectivity index is 1.59. The first-order valence-electron chi connectivity index (χ1n) is 9.41. The van der Waals surface area contributed by atoms with Gasteiger partial charge in [-0.05, 0) is 47.5 Å². The zero-order valence-corrected chi connectivity index (χ0v) is 17.7. The van der Waals surface area contributed by atoms with Gasteiger partial charge in [-0.15, -0.1) is 0 Å². The average Bonchev–Trinajstić information content (AvgIpc) is 2.78. The zero-order valence-electron chi connectivity index (χ0n) is 16.9. The first kappa shape index (κ1) is 21.5. The van der Waals surface area contributed by atoms with Gasteiger partial charge in [-0.3, -0.25) is 4.79 Å². The van der Waals surface area contributed by atoms with Crippen molar-refractivity contribution in [3.05, 3.63) is 95.6 Å². The molecule has 7 heteroatoms. The van der Waals surface area contributed by atoms with Gasteiger partial charge >= 0.3 is 0 Å². The molecule has 0 fully saturated rings. The molecular weight excluding hydrogens is 400 g/mol. The summed E-state index contributed by atoms with van der Waals surface area (Å²) in [6, 6.07) is 22.7. The number of carbonyl (C=O) groups excluding carboxylic acids is 1. The fourth-order valence-corrected chi connectivity index (χ4v) is 4.08. The SMILES string of the molecule is COc1ccc(CNC(=O)c2ccc(CN(C)S(=O)(=O)c3ccccc3)cc2)cc1. The number of nitrogens with zero attached hydrogens (tertiary/aromatic N) is 1. The molecule has 0 saturated heterocycles. The van der Waals surface area contributed by atoms with Crippen LogP contribution in [0.2, 0.25) is 0 Å². The van der Waals surface area contributed by atoms with Crippen molar-refractivity contribution in [1.29, 1.82) is 0 Å². The molecule has 3 aromatic rings. The normalized spacial score (nSPS) is 11.3. The molecule has 3 aromatic carbocycles. The van der Waals surface area contributed by atoms with E-state index in [1.807, 2.05) is 24.3 Å². The summed E-state index contributed by atoms with van der Waals surface area (Å²) in [5.74, 6) is 0.572. The van der Waals surface area contributed by atoms with Crippen LogP contribution in [0.4, 0.5) is 0 Å². The van der Waals surface area contributed by atoms with E-state index in [2.05, 4.69) is 5.32 Å². The zero-order chi connectivity index (χ0) is 21.6. The van der Waals surface area contributed by atoms with E-state index in [0.29, 0.717) is 12.1 Å². The Kier molecular flexibility index (Phi) is 6.87. The lowest BCUT2D eigenvalue weighted by molar-refractivity contribution is 0.0951. The Bertz CT molecular complexity index is 1080. The van der Waals surface area contributed by atoms with Gasteiger partial charge < -0.3 is 10.1 Å². The summed E-state index contributed by atoms with van der Waals surface area (Å²) in [4.78, 5) is 12.6. The van der Waals surface area contributed by atoms with Crippen molar-refractivity contribution < 1.29 is 17.9 Å². The van der Waals surface area contributed by atoms with E-state index < -0.39 is 10.0 Å². The summed E-state index contributed by atoms with van der Waals surface area (Å²) < 4.78 is 31.7. The fraction of sp³-hybridized carbons (Fsp3) is 0.174. The van der Waals surface area contributed by atoms with Crippen LogP contribution in [0.3, 0.4) is 0 Å². The molecule has 0 aromatic heterocycles. The summed E-state index contributed by atoms with van der Waals surface area (Å²) in [6.45, 7) is 0.619. The number of sulfonamides is 1. The minimum Gasteiger partial charge on any atom is -0.497 e. The van der Waals surface area contributed by atoms with Crippen molar-refractivity contribution in [2.24, 2.45) is 0 Å². The molecule has 3 rings (SSSR count). The number of nitrogens with one attached hydrogen (secondary N) is 1. The molecule has 1 N–H and O–H groups in total. The largest absolute Gasteiger partial charge is 0.497 e. The van der Waals surface area contributed by atoms with E-state index >= 15 is 0 Å². The second kappa shape index (κ2) is 9.56. The molecule has 0 bridgehead atoms. The fourth-order valence-electron chi connectivity index (χ4n) is 2.90. The Morgan fingerprint density at radius 3 is 2.10 bits per heavy atom. The molecule has 0 aliphatic heterocycles. The van der Waals surface area contributed by atoms with Crippen LogP contribution in [-0.4, -0.2) is 32.8 Å². The van der Waals surface area contributed by atoms with E-state index in [-0.39, 0.29) is 17.3 Å². The summed E-state index contributed by atoms with van der Waals surface area (Å²) in [7, 11) is -0.417. The number of rotatable bonds is 8. The number of amides is 1. The highest BCUT2D eigenvalue weighted by atomic mass is 32.2. The molecule has 30 heavy (non-hydrogen) atoms. The Hall–Kier alpha value is -3.16. The highest BCUT2D eigenvalue weighted by molar-refractivity contribution is 7.89. The van der Waals surface area contributed by atoms with E-state index in [4.69, 9.17) is 4.74 Å². The third-order valence-corrected chi connectivity index (χ3v) is 6.50. The standard InChI is InChI=1S/C23H24N2O4S/c1-25(30(27,28)22-6-4-3-5-7-22)17-19-8-12-20(13-9-19)23(26)24-16-18-10-14-21(29-2)15-11-18/h3-15H,16-17H2,1-2H3,(H,24,26). The molecule has 0 aliphatic carbocycles. The predicted octanol–water partition coefficient (Wildman–Crippen LogP) is 3.45. The molecular formula is C23H24N2O4S. The molecule has 6 nitrogen and oxygen atoms in total. The molecule has 0 atom stereocenters. The molecule has 0 aliphatic rings. The molecule has 156 valence electrons. The van der Waals surface area contributed by atoms with Crippen molar-refractivity contribution >= 4 is 15.9 Å². The van der Waals surface area contributed by atoms with Gasteiger partial charge in [0.05, 0.1) is 12.0 Å². The minimum absolute atomic E-state index is 0.192. The van der Waals surface area contributed by atoms with Crippen LogP contribution in [-0.2, 0) is 23.1 Å². The number of hydrogen-bond donors (Lipinski definition) is 1. The lowest BCUT2D eigenvalue weighted by Gasteiger charge is -2.17. The van der Waals surface area contributed by atoms with Gasteiger partial charge in [-0.25, -0.2) is 8.42 Å². The number of methoxy groups -OCH3 is 1. The van der Waals surface area contributed by atoms with Gasteiger partial charge in [-0.2, -0.15) is 4.31 Å². The molecule has 0 saturated carbocycles. The van der Waals surface area contributed by atoms with Crippen molar-refractivity contribution in [3.63, 3.8) is 0 Å². The Morgan fingerprint density at radius 2 is 1.50 bits per heavy atom. The van der Waals surface area contributed by atoms with E-state index in [9.17, 15) is 13.2 Å². The lowest BCUT2D eigenvalue weighted by atomic mass is 10.1. The maximum atomic E-state index is 12.6. The van der Waals surface area contributed by atoms with Gasteiger partial charge in [0.15, 0.2) is 0 Å². The highest BCUT2D eigenvalue weighted by Crippen LogP contribution is 2.17. The molecule has 0 unspecified atom stereocenters. The molecule has 0 heterocycles. The summed E-state index contributed by atoms with van der Waals surface area (Å²) in [6.07, 6.45) is 0.